The Kier molecular flexibility index (Phi) is 6.21. The maximum Gasteiger partial charge on any atom is 0.0175 e. The minimum absolute atomic E-state index is 0.305. The molecule has 1 aromatic carbocycles. The zero-order valence-electron chi connectivity index (χ0n) is 11.2. The van der Waals surface area contributed by atoms with Gasteiger partial charge in [0.05, 0.1) is 0 Å². The zero-order chi connectivity index (χ0) is 12.7. The molecule has 1 aromatic rings. The molecule has 2 heteroatoms. The summed E-state index contributed by atoms with van der Waals surface area (Å²) >= 11 is 3.51. The average Bonchev–Trinajstić information content (AvgIpc) is 2.30. The molecule has 0 aliphatic carbocycles. The maximum absolute atomic E-state index is 3.51. The highest BCUT2D eigenvalue weighted by molar-refractivity contribution is 9.10. The van der Waals surface area contributed by atoms with Gasteiger partial charge in [-0.3, -0.25) is 0 Å². The molecular weight excluding hydrogens is 274 g/mol. The Balaban J connectivity index is 3.04. The molecule has 96 valence electrons. The lowest BCUT2D eigenvalue weighted by molar-refractivity contribution is 0.344. The van der Waals surface area contributed by atoms with Gasteiger partial charge in [0.2, 0.25) is 0 Å². The van der Waals surface area contributed by atoms with Crippen LogP contribution in [0.4, 0.5) is 0 Å². The van der Waals surface area contributed by atoms with Crippen molar-refractivity contribution in [2.24, 2.45) is 0 Å². The average molecular weight is 298 g/mol. The van der Waals surface area contributed by atoms with E-state index in [9.17, 15) is 0 Å². The first kappa shape index (κ1) is 14.7. The van der Waals surface area contributed by atoms with Crippen molar-refractivity contribution in [1.82, 2.24) is 5.32 Å². The Morgan fingerprint density at radius 3 is 2.00 bits per heavy atom. The van der Waals surface area contributed by atoms with Crippen LogP contribution in [0.2, 0.25) is 0 Å². The number of benzene rings is 1. The van der Waals surface area contributed by atoms with Crippen LogP contribution >= 0.6 is 15.9 Å². The van der Waals surface area contributed by atoms with Crippen molar-refractivity contribution in [3.8, 4) is 0 Å². The summed E-state index contributed by atoms with van der Waals surface area (Å²) in [5, 5.41) is 3.38. The highest BCUT2D eigenvalue weighted by Gasteiger charge is 2.29. The number of likely N-dealkylation sites (N-methyl/N-ethyl adjacent to an activating group) is 1. The second-order valence-electron chi connectivity index (χ2n) is 4.82. The van der Waals surface area contributed by atoms with Crippen molar-refractivity contribution >= 4 is 15.9 Å². The van der Waals surface area contributed by atoms with Crippen molar-refractivity contribution in [2.45, 2.75) is 44.9 Å². The van der Waals surface area contributed by atoms with Crippen LogP contribution in [-0.4, -0.2) is 13.6 Å². The van der Waals surface area contributed by atoms with Crippen molar-refractivity contribution in [3.63, 3.8) is 0 Å². The largest absolute Gasteiger partial charge is 0.319 e. The molecule has 1 nitrogen and oxygen atoms in total. The lowest BCUT2D eigenvalue weighted by Gasteiger charge is -2.34. The molecule has 0 aliphatic rings. The summed E-state index contributed by atoms with van der Waals surface area (Å²) in [6, 6.07) is 8.86. The number of nitrogens with one attached hydrogen (secondary N) is 1. The van der Waals surface area contributed by atoms with Crippen molar-refractivity contribution < 1.29 is 0 Å². The summed E-state index contributed by atoms with van der Waals surface area (Å²) < 4.78 is 1.16. The van der Waals surface area contributed by atoms with Gasteiger partial charge in [0.1, 0.15) is 0 Å². The Morgan fingerprint density at radius 2 is 1.59 bits per heavy atom. The van der Waals surface area contributed by atoms with Crippen LogP contribution in [0.1, 0.15) is 45.1 Å². The van der Waals surface area contributed by atoms with E-state index in [1.807, 2.05) is 0 Å². The predicted octanol–water partition coefficient (Wildman–Crippen LogP) is 4.51. The molecule has 0 aromatic heterocycles. The molecular formula is C15H24BrN. The lowest BCUT2D eigenvalue weighted by atomic mass is 9.73. The SMILES string of the molecule is CCCC(CCC)(CNC)c1ccc(Br)cc1. The molecule has 0 saturated carbocycles. The van der Waals surface area contributed by atoms with Gasteiger partial charge in [-0.1, -0.05) is 54.8 Å². The Bertz CT molecular complexity index is 301. The predicted molar refractivity (Wildman–Crippen MR) is 79.6 cm³/mol. The molecule has 0 aliphatic heterocycles. The molecule has 0 heterocycles. The van der Waals surface area contributed by atoms with E-state index in [0.29, 0.717) is 5.41 Å². The highest BCUT2D eigenvalue weighted by atomic mass is 79.9. The fourth-order valence-electron chi connectivity index (χ4n) is 2.79. The van der Waals surface area contributed by atoms with E-state index in [0.717, 1.165) is 11.0 Å². The maximum atomic E-state index is 3.51. The van der Waals surface area contributed by atoms with Crippen molar-refractivity contribution in [1.29, 1.82) is 0 Å². The zero-order valence-corrected chi connectivity index (χ0v) is 12.8. The van der Waals surface area contributed by atoms with Crippen LogP contribution in [0.5, 0.6) is 0 Å². The monoisotopic (exact) mass is 297 g/mol. The van der Waals surface area contributed by atoms with E-state index in [1.165, 1.54) is 31.2 Å². The van der Waals surface area contributed by atoms with Gasteiger partial charge in [0, 0.05) is 16.4 Å². The first-order valence-corrected chi connectivity index (χ1v) is 7.38. The molecule has 0 amide bonds. The van der Waals surface area contributed by atoms with Crippen LogP contribution in [0.25, 0.3) is 0 Å². The molecule has 0 unspecified atom stereocenters. The minimum atomic E-state index is 0.305. The molecule has 0 bridgehead atoms. The molecule has 0 saturated heterocycles. The second kappa shape index (κ2) is 7.17. The summed E-state index contributed by atoms with van der Waals surface area (Å²) in [5.74, 6) is 0. The topological polar surface area (TPSA) is 12.0 Å². The van der Waals surface area contributed by atoms with E-state index in [1.54, 1.807) is 0 Å². The molecule has 17 heavy (non-hydrogen) atoms. The first-order valence-electron chi connectivity index (χ1n) is 6.59. The smallest absolute Gasteiger partial charge is 0.0175 e. The first-order chi connectivity index (χ1) is 8.18. The van der Waals surface area contributed by atoms with Crippen LogP contribution in [0, 0.1) is 0 Å². The van der Waals surface area contributed by atoms with Crippen molar-refractivity contribution in [3.05, 3.63) is 34.3 Å². The van der Waals surface area contributed by atoms with Crippen LogP contribution in [0.3, 0.4) is 0 Å². The third-order valence-electron chi connectivity index (χ3n) is 3.43. The van der Waals surface area contributed by atoms with Crippen LogP contribution < -0.4 is 5.32 Å². The van der Waals surface area contributed by atoms with Gasteiger partial charge >= 0.3 is 0 Å². The Morgan fingerprint density at radius 1 is 1.06 bits per heavy atom. The molecule has 1 rings (SSSR count). The summed E-state index contributed by atoms with van der Waals surface area (Å²) in [6.45, 7) is 5.62. The highest BCUT2D eigenvalue weighted by Crippen LogP contribution is 2.34. The molecule has 0 atom stereocenters. The molecule has 0 spiro atoms. The van der Waals surface area contributed by atoms with Gasteiger partial charge in [-0.25, -0.2) is 0 Å². The van der Waals surface area contributed by atoms with Gasteiger partial charge in [0.25, 0.3) is 0 Å². The Hall–Kier alpha value is -0.340. The number of hydrogen-bond acceptors (Lipinski definition) is 1. The van der Waals surface area contributed by atoms with Crippen LogP contribution in [0.15, 0.2) is 28.7 Å². The summed E-state index contributed by atoms with van der Waals surface area (Å²) in [7, 11) is 2.05. The second-order valence-corrected chi connectivity index (χ2v) is 5.73. The normalized spacial score (nSPS) is 11.8. The van der Waals surface area contributed by atoms with Gasteiger partial charge in [0.15, 0.2) is 0 Å². The molecule has 0 fully saturated rings. The van der Waals surface area contributed by atoms with E-state index in [4.69, 9.17) is 0 Å². The summed E-state index contributed by atoms with van der Waals surface area (Å²) in [4.78, 5) is 0. The van der Waals surface area contributed by atoms with E-state index >= 15 is 0 Å². The van der Waals surface area contributed by atoms with Gasteiger partial charge in [-0.05, 0) is 37.6 Å². The summed E-state index contributed by atoms with van der Waals surface area (Å²) in [5.41, 5.74) is 1.78. The Labute approximate surface area is 114 Å². The summed E-state index contributed by atoms with van der Waals surface area (Å²) in [6.07, 6.45) is 4.97. The molecule has 0 radical (unpaired) electrons. The van der Waals surface area contributed by atoms with Gasteiger partial charge in [-0.2, -0.15) is 0 Å². The number of rotatable bonds is 7. The van der Waals surface area contributed by atoms with Gasteiger partial charge in [-0.15, -0.1) is 0 Å². The minimum Gasteiger partial charge on any atom is -0.319 e. The van der Waals surface area contributed by atoms with Crippen LogP contribution in [-0.2, 0) is 5.41 Å². The van der Waals surface area contributed by atoms with E-state index in [-0.39, 0.29) is 0 Å². The number of halogens is 1. The van der Waals surface area contributed by atoms with E-state index < -0.39 is 0 Å². The van der Waals surface area contributed by atoms with Gasteiger partial charge < -0.3 is 5.32 Å². The fraction of sp³-hybridized carbons (Fsp3) is 0.600. The quantitative estimate of drug-likeness (QED) is 0.781. The third kappa shape index (κ3) is 3.82. The molecule has 1 N–H and O–H groups in total. The third-order valence-corrected chi connectivity index (χ3v) is 3.96. The fourth-order valence-corrected chi connectivity index (χ4v) is 3.06. The standard InChI is InChI=1S/C15H24BrN/c1-4-10-15(11-5-2,12-17-3)13-6-8-14(16)9-7-13/h6-9,17H,4-5,10-12H2,1-3H3. The van der Waals surface area contributed by atoms with Crippen molar-refractivity contribution in [2.75, 3.05) is 13.6 Å². The number of hydrogen-bond donors (Lipinski definition) is 1. The lowest BCUT2D eigenvalue weighted by Crippen LogP contribution is -2.36. The van der Waals surface area contributed by atoms with E-state index in [2.05, 4.69) is 66.4 Å².